The van der Waals surface area contributed by atoms with Crippen LogP contribution in [0.15, 0.2) is 36.4 Å². The fourth-order valence-electron chi connectivity index (χ4n) is 2.45. The number of carbonyl (C=O) groups is 1. The Labute approximate surface area is 167 Å². The minimum atomic E-state index is -4.65. The smallest absolute Gasteiger partial charge is 0.461 e. The van der Waals surface area contributed by atoms with Crippen LogP contribution in [0.4, 0.5) is 17.6 Å². The van der Waals surface area contributed by atoms with Gasteiger partial charge in [0, 0.05) is 4.88 Å². The van der Waals surface area contributed by atoms with E-state index in [1.807, 2.05) is 0 Å². The van der Waals surface area contributed by atoms with Crippen LogP contribution in [-0.2, 0) is 16.0 Å². The van der Waals surface area contributed by atoms with Crippen molar-refractivity contribution in [1.82, 2.24) is 0 Å². The molecule has 0 fully saturated rings. The van der Waals surface area contributed by atoms with Gasteiger partial charge in [-0.2, -0.15) is 17.6 Å². The SMILES string of the molecule is CCOC(=O)C(Cc1cccc(OC(F)(F)C(F)F)c1)C(O)c1ccc(Cl)s1. The zero-order chi connectivity index (χ0) is 20.9. The van der Waals surface area contributed by atoms with Crippen LogP contribution >= 0.6 is 22.9 Å². The van der Waals surface area contributed by atoms with E-state index >= 15 is 0 Å². The van der Waals surface area contributed by atoms with Gasteiger partial charge in [0.2, 0.25) is 0 Å². The molecule has 2 unspecified atom stereocenters. The van der Waals surface area contributed by atoms with Gasteiger partial charge < -0.3 is 14.6 Å². The van der Waals surface area contributed by atoms with Crippen LogP contribution in [-0.4, -0.2) is 30.2 Å². The number of aliphatic hydroxyl groups is 1. The summed E-state index contributed by atoms with van der Waals surface area (Å²) in [7, 11) is 0. The minimum Gasteiger partial charge on any atom is -0.466 e. The van der Waals surface area contributed by atoms with Crippen molar-refractivity contribution in [1.29, 1.82) is 0 Å². The first-order chi connectivity index (χ1) is 13.1. The number of esters is 1. The molecule has 0 aliphatic carbocycles. The van der Waals surface area contributed by atoms with E-state index < -0.39 is 36.3 Å². The molecule has 2 aromatic rings. The maximum atomic E-state index is 13.1. The highest BCUT2D eigenvalue weighted by molar-refractivity contribution is 7.16. The summed E-state index contributed by atoms with van der Waals surface area (Å²) in [6, 6.07) is 8.14. The van der Waals surface area contributed by atoms with Crippen LogP contribution in [0.5, 0.6) is 5.75 Å². The molecule has 0 radical (unpaired) electrons. The molecule has 0 saturated heterocycles. The summed E-state index contributed by atoms with van der Waals surface area (Å²) < 4.78 is 60.3. The summed E-state index contributed by atoms with van der Waals surface area (Å²) in [5.41, 5.74) is 0.322. The number of thiophene rings is 1. The summed E-state index contributed by atoms with van der Waals surface area (Å²) in [5.74, 6) is -2.23. The topological polar surface area (TPSA) is 55.8 Å². The van der Waals surface area contributed by atoms with E-state index in [1.54, 1.807) is 19.1 Å². The fraction of sp³-hybridized carbons (Fsp3) is 0.389. The van der Waals surface area contributed by atoms with Crippen molar-refractivity contribution in [2.75, 3.05) is 6.61 Å². The van der Waals surface area contributed by atoms with E-state index in [-0.39, 0.29) is 13.0 Å². The normalized spacial score (nSPS) is 14.0. The van der Waals surface area contributed by atoms with Crippen molar-refractivity contribution in [3.05, 3.63) is 51.2 Å². The molecule has 0 saturated carbocycles. The Balaban J connectivity index is 2.24. The van der Waals surface area contributed by atoms with Crippen molar-refractivity contribution in [2.24, 2.45) is 5.92 Å². The maximum Gasteiger partial charge on any atom is 0.461 e. The molecule has 0 amide bonds. The molecule has 1 heterocycles. The molecular weight excluding hydrogens is 424 g/mol. The number of hydrogen-bond acceptors (Lipinski definition) is 5. The Morgan fingerprint density at radius 1 is 1.29 bits per heavy atom. The molecule has 2 atom stereocenters. The molecule has 154 valence electrons. The molecular formula is C18H17ClF4O4S. The monoisotopic (exact) mass is 440 g/mol. The second-order valence-corrected chi connectivity index (χ2v) is 7.51. The Morgan fingerprint density at radius 2 is 2.00 bits per heavy atom. The van der Waals surface area contributed by atoms with E-state index in [2.05, 4.69) is 4.74 Å². The molecule has 0 spiro atoms. The Morgan fingerprint density at radius 3 is 2.57 bits per heavy atom. The Hall–Kier alpha value is -1.84. The first-order valence-corrected chi connectivity index (χ1v) is 9.37. The van der Waals surface area contributed by atoms with Gasteiger partial charge in [0.25, 0.3) is 0 Å². The van der Waals surface area contributed by atoms with Crippen molar-refractivity contribution < 1.29 is 36.9 Å². The van der Waals surface area contributed by atoms with Crippen LogP contribution < -0.4 is 4.74 Å². The summed E-state index contributed by atoms with van der Waals surface area (Å²) in [6.07, 6.45) is -9.98. The highest BCUT2D eigenvalue weighted by Crippen LogP contribution is 2.34. The van der Waals surface area contributed by atoms with Crippen molar-refractivity contribution >= 4 is 28.9 Å². The largest absolute Gasteiger partial charge is 0.466 e. The number of alkyl halides is 4. The summed E-state index contributed by atoms with van der Waals surface area (Å²) in [5, 5.41) is 10.6. The maximum absolute atomic E-state index is 13.1. The van der Waals surface area contributed by atoms with E-state index in [9.17, 15) is 27.5 Å². The standard InChI is InChI=1S/C18H17ClF4O4S/c1-2-26-16(25)12(15(24)13-6-7-14(19)28-13)9-10-4-3-5-11(8-10)27-18(22,23)17(20)21/h3-8,12,15,17,24H,2,9H2,1H3. The lowest BCUT2D eigenvalue weighted by Crippen LogP contribution is -2.33. The number of hydrogen-bond donors (Lipinski definition) is 1. The van der Waals surface area contributed by atoms with Crippen molar-refractivity contribution in [3.63, 3.8) is 0 Å². The van der Waals surface area contributed by atoms with Gasteiger partial charge in [-0.3, -0.25) is 4.79 Å². The van der Waals surface area contributed by atoms with Crippen LogP contribution in [0.3, 0.4) is 0 Å². The minimum absolute atomic E-state index is 0.0804. The van der Waals surface area contributed by atoms with Gasteiger partial charge in [0.05, 0.1) is 16.9 Å². The van der Waals surface area contributed by atoms with E-state index in [4.69, 9.17) is 16.3 Å². The van der Waals surface area contributed by atoms with Gasteiger partial charge in [-0.15, -0.1) is 11.3 Å². The Kier molecular flexibility index (Phi) is 7.68. The second-order valence-electron chi connectivity index (χ2n) is 5.76. The molecule has 2 rings (SSSR count). The van der Waals surface area contributed by atoms with Crippen LogP contribution in [0, 0.1) is 5.92 Å². The quantitative estimate of drug-likeness (QED) is 0.435. The average molecular weight is 441 g/mol. The van der Waals surface area contributed by atoms with E-state index in [1.165, 1.54) is 12.1 Å². The summed E-state index contributed by atoms with van der Waals surface area (Å²) >= 11 is 6.95. The predicted octanol–water partition coefficient (Wildman–Crippen LogP) is 5.09. The lowest BCUT2D eigenvalue weighted by atomic mass is 9.93. The number of aliphatic hydroxyl groups excluding tert-OH is 1. The first kappa shape index (κ1) is 22.4. The third-order valence-corrected chi connectivity index (χ3v) is 5.02. The molecule has 1 aromatic heterocycles. The number of carbonyl (C=O) groups excluding carboxylic acids is 1. The Bertz CT molecular complexity index is 799. The number of benzene rings is 1. The third-order valence-electron chi connectivity index (χ3n) is 3.72. The molecule has 4 nitrogen and oxygen atoms in total. The number of ether oxygens (including phenoxy) is 2. The highest BCUT2D eigenvalue weighted by atomic mass is 35.5. The van der Waals surface area contributed by atoms with E-state index in [0.29, 0.717) is 14.8 Å². The third kappa shape index (κ3) is 5.83. The van der Waals surface area contributed by atoms with Gasteiger partial charge in [-0.05, 0) is 43.2 Å². The zero-order valence-electron chi connectivity index (χ0n) is 14.6. The predicted molar refractivity (Wildman–Crippen MR) is 96.1 cm³/mol. The van der Waals surface area contributed by atoms with Crippen molar-refractivity contribution in [2.45, 2.75) is 32.0 Å². The average Bonchev–Trinajstić information content (AvgIpc) is 3.05. The van der Waals surface area contributed by atoms with Gasteiger partial charge >= 0.3 is 18.5 Å². The van der Waals surface area contributed by atoms with Crippen LogP contribution in [0.1, 0.15) is 23.5 Å². The molecule has 1 aromatic carbocycles. The summed E-state index contributed by atoms with van der Waals surface area (Å²) in [6.45, 7) is 1.68. The van der Waals surface area contributed by atoms with Crippen molar-refractivity contribution in [3.8, 4) is 5.75 Å². The molecule has 1 N–H and O–H groups in total. The molecule has 10 heteroatoms. The van der Waals surface area contributed by atoms with Gasteiger partial charge in [0.1, 0.15) is 11.9 Å². The highest BCUT2D eigenvalue weighted by Gasteiger charge is 2.44. The lowest BCUT2D eigenvalue weighted by molar-refractivity contribution is -0.253. The van der Waals surface area contributed by atoms with E-state index in [0.717, 1.165) is 23.5 Å². The molecule has 28 heavy (non-hydrogen) atoms. The second kappa shape index (κ2) is 9.58. The molecule has 0 aliphatic rings. The number of halogens is 5. The molecule has 0 bridgehead atoms. The first-order valence-electron chi connectivity index (χ1n) is 8.18. The van der Waals surface area contributed by atoms with Gasteiger partial charge in [0.15, 0.2) is 0 Å². The summed E-state index contributed by atoms with van der Waals surface area (Å²) in [4.78, 5) is 12.7. The van der Waals surface area contributed by atoms with Gasteiger partial charge in [-0.1, -0.05) is 23.7 Å². The van der Waals surface area contributed by atoms with Crippen LogP contribution in [0.25, 0.3) is 0 Å². The number of rotatable bonds is 9. The van der Waals surface area contributed by atoms with Crippen LogP contribution in [0.2, 0.25) is 4.34 Å². The fourth-order valence-corrected chi connectivity index (χ4v) is 3.56. The zero-order valence-corrected chi connectivity index (χ0v) is 16.2. The lowest BCUT2D eigenvalue weighted by Gasteiger charge is -2.21. The van der Waals surface area contributed by atoms with Gasteiger partial charge in [-0.25, -0.2) is 0 Å². The molecule has 0 aliphatic heterocycles.